The van der Waals surface area contributed by atoms with Gasteiger partial charge in [0.2, 0.25) is 0 Å². The third kappa shape index (κ3) is 8.22. The summed E-state index contributed by atoms with van der Waals surface area (Å²) in [4.78, 5) is 0. The molecule has 80 valence electrons. The highest BCUT2D eigenvalue weighted by Gasteiger charge is 2.06. The summed E-state index contributed by atoms with van der Waals surface area (Å²) in [6, 6.07) is 0. The summed E-state index contributed by atoms with van der Waals surface area (Å²) in [6.07, 6.45) is 4.71. The van der Waals surface area contributed by atoms with Gasteiger partial charge in [0.15, 0.2) is 0 Å². The lowest BCUT2D eigenvalue weighted by Gasteiger charge is -2.14. The second-order valence-corrected chi connectivity index (χ2v) is 3.25. The highest BCUT2D eigenvalue weighted by atomic mass is 16.5. The minimum absolute atomic E-state index is 0.0295. The highest BCUT2D eigenvalue weighted by Crippen LogP contribution is 2.05. The van der Waals surface area contributed by atoms with Gasteiger partial charge in [-0.3, -0.25) is 0 Å². The summed E-state index contributed by atoms with van der Waals surface area (Å²) in [5.41, 5.74) is 0. The first-order valence-corrected chi connectivity index (χ1v) is 5.18. The van der Waals surface area contributed by atoms with Crippen LogP contribution in [0.15, 0.2) is 0 Å². The molecule has 0 aromatic heterocycles. The first kappa shape index (κ1) is 12.9. The molecule has 0 aliphatic rings. The average Bonchev–Trinajstić information content (AvgIpc) is 2.16. The molecule has 0 fully saturated rings. The molecule has 1 unspecified atom stereocenters. The topological polar surface area (TPSA) is 49.7 Å². The molecule has 0 aliphatic heterocycles. The quantitative estimate of drug-likeness (QED) is 0.539. The van der Waals surface area contributed by atoms with Gasteiger partial charge in [-0.2, -0.15) is 0 Å². The van der Waals surface area contributed by atoms with E-state index in [4.69, 9.17) is 14.9 Å². The summed E-state index contributed by atoms with van der Waals surface area (Å²) in [6.45, 7) is 3.17. The van der Waals surface area contributed by atoms with Crippen molar-refractivity contribution in [1.29, 1.82) is 0 Å². The van der Waals surface area contributed by atoms with Crippen LogP contribution >= 0.6 is 0 Å². The lowest BCUT2D eigenvalue weighted by molar-refractivity contribution is 0.00502. The second kappa shape index (κ2) is 9.96. The number of aliphatic hydroxyl groups is 2. The number of ether oxygens (including phenoxy) is 1. The molecule has 3 heteroatoms. The van der Waals surface area contributed by atoms with Crippen LogP contribution in [0.25, 0.3) is 0 Å². The van der Waals surface area contributed by atoms with Crippen molar-refractivity contribution in [1.82, 2.24) is 0 Å². The van der Waals surface area contributed by atoms with Crippen LogP contribution in [-0.4, -0.2) is 36.1 Å². The zero-order valence-electron chi connectivity index (χ0n) is 8.54. The number of aliphatic hydroxyl groups excluding tert-OH is 2. The van der Waals surface area contributed by atoms with E-state index in [2.05, 4.69) is 6.92 Å². The van der Waals surface area contributed by atoms with Crippen LogP contribution in [0.1, 0.15) is 39.0 Å². The molecular weight excluding hydrogens is 168 g/mol. The minimum Gasteiger partial charge on any atom is -0.396 e. The lowest BCUT2D eigenvalue weighted by Crippen LogP contribution is -2.18. The molecule has 0 aromatic carbocycles. The lowest BCUT2D eigenvalue weighted by atomic mass is 10.1. The van der Waals surface area contributed by atoms with Crippen LogP contribution in [0.3, 0.4) is 0 Å². The summed E-state index contributed by atoms with van der Waals surface area (Å²) < 4.78 is 5.45. The molecule has 0 saturated heterocycles. The maximum absolute atomic E-state index is 8.94. The molecule has 0 heterocycles. The van der Waals surface area contributed by atoms with E-state index < -0.39 is 0 Å². The van der Waals surface area contributed by atoms with Crippen LogP contribution in [-0.2, 0) is 4.74 Å². The van der Waals surface area contributed by atoms with Gasteiger partial charge in [0.25, 0.3) is 0 Å². The average molecular weight is 190 g/mol. The number of rotatable bonds is 9. The van der Waals surface area contributed by atoms with Crippen molar-refractivity contribution in [2.24, 2.45) is 0 Å². The Balaban J connectivity index is 3.28. The maximum Gasteiger partial charge on any atom is 0.0805 e. The van der Waals surface area contributed by atoms with Crippen molar-refractivity contribution in [2.45, 2.75) is 45.1 Å². The van der Waals surface area contributed by atoms with E-state index in [0.29, 0.717) is 0 Å². The van der Waals surface area contributed by atoms with Crippen LogP contribution < -0.4 is 0 Å². The summed E-state index contributed by atoms with van der Waals surface area (Å²) in [5.74, 6) is 0. The monoisotopic (exact) mass is 190 g/mol. The predicted octanol–water partition coefficient (Wildman–Crippen LogP) is 1.33. The molecule has 1 atom stereocenters. The van der Waals surface area contributed by atoms with Gasteiger partial charge in [0.1, 0.15) is 0 Å². The smallest absolute Gasteiger partial charge is 0.0805 e. The third-order valence-electron chi connectivity index (χ3n) is 1.99. The number of hydrogen-bond donors (Lipinski definition) is 2. The van der Waals surface area contributed by atoms with E-state index in [1.165, 1.54) is 0 Å². The van der Waals surface area contributed by atoms with Gasteiger partial charge in [-0.25, -0.2) is 0 Å². The molecule has 0 radical (unpaired) electrons. The van der Waals surface area contributed by atoms with E-state index in [0.717, 1.165) is 38.7 Å². The molecule has 0 aliphatic carbocycles. The standard InChI is InChI=1S/C10H22O3/c1-2-3-8-13-10(9-12)6-4-5-7-11/h10-12H,2-9H2,1H3. The maximum atomic E-state index is 8.94. The first-order valence-electron chi connectivity index (χ1n) is 5.18. The fourth-order valence-electron chi connectivity index (χ4n) is 1.11. The van der Waals surface area contributed by atoms with Crippen molar-refractivity contribution in [2.75, 3.05) is 19.8 Å². The van der Waals surface area contributed by atoms with Crippen molar-refractivity contribution >= 4 is 0 Å². The van der Waals surface area contributed by atoms with Crippen LogP contribution in [0.4, 0.5) is 0 Å². The molecule has 3 nitrogen and oxygen atoms in total. The van der Waals surface area contributed by atoms with Crippen LogP contribution in [0.2, 0.25) is 0 Å². The normalized spacial score (nSPS) is 13.2. The molecular formula is C10H22O3. The second-order valence-electron chi connectivity index (χ2n) is 3.25. The summed E-state index contributed by atoms with van der Waals surface area (Å²) >= 11 is 0. The van der Waals surface area contributed by atoms with Gasteiger partial charge in [0.05, 0.1) is 12.7 Å². The third-order valence-corrected chi connectivity index (χ3v) is 1.99. The van der Waals surface area contributed by atoms with Crippen molar-refractivity contribution < 1.29 is 14.9 Å². The summed E-state index contributed by atoms with van der Waals surface area (Å²) in [5, 5.41) is 17.5. The van der Waals surface area contributed by atoms with E-state index in [1.54, 1.807) is 0 Å². The van der Waals surface area contributed by atoms with E-state index in [-0.39, 0.29) is 19.3 Å². The molecule has 0 aromatic rings. The molecule has 13 heavy (non-hydrogen) atoms. The van der Waals surface area contributed by atoms with E-state index in [1.807, 2.05) is 0 Å². The zero-order valence-corrected chi connectivity index (χ0v) is 8.54. The van der Waals surface area contributed by atoms with Crippen molar-refractivity contribution in [3.05, 3.63) is 0 Å². The first-order chi connectivity index (χ1) is 6.35. The molecule has 0 spiro atoms. The minimum atomic E-state index is -0.0295. The Kier molecular flexibility index (Phi) is 9.87. The summed E-state index contributed by atoms with van der Waals surface area (Å²) in [7, 11) is 0. The fraction of sp³-hybridized carbons (Fsp3) is 1.00. The largest absolute Gasteiger partial charge is 0.396 e. The Hall–Kier alpha value is -0.120. The van der Waals surface area contributed by atoms with Crippen LogP contribution in [0, 0.1) is 0 Å². The Morgan fingerprint density at radius 1 is 1.15 bits per heavy atom. The predicted molar refractivity (Wildman–Crippen MR) is 52.7 cm³/mol. The molecule has 0 bridgehead atoms. The Morgan fingerprint density at radius 2 is 1.92 bits per heavy atom. The Morgan fingerprint density at radius 3 is 2.46 bits per heavy atom. The Labute approximate surface area is 80.7 Å². The Bertz CT molecular complexity index is 86.2. The van der Waals surface area contributed by atoms with Gasteiger partial charge >= 0.3 is 0 Å². The number of unbranched alkanes of at least 4 members (excludes halogenated alkanes) is 2. The van der Waals surface area contributed by atoms with Crippen LogP contribution in [0.5, 0.6) is 0 Å². The van der Waals surface area contributed by atoms with Gasteiger partial charge in [-0.05, 0) is 25.7 Å². The van der Waals surface area contributed by atoms with Gasteiger partial charge in [0, 0.05) is 13.2 Å². The molecule has 0 saturated carbocycles. The number of hydrogen-bond acceptors (Lipinski definition) is 3. The van der Waals surface area contributed by atoms with Gasteiger partial charge in [-0.1, -0.05) is 13.3 Å². The van der Waals surface area contributed by atoms with Gasteiger partial charge < -0.3 is 14.9 Å². The molecule has 0 rings (SSSR count). The van der Waals surface area contributed by atoms with Gasteiger partial charge in [-0.15, -0.1) is 0 Å². The molecule has 0 amide bonds. The SMILES string of the molecule is CCCCOC(CO)CCCCO. The van der Waals surface area contributed by atoms with Crippen molar-refractivity contribution in [3.8, 4) is 0 Å². The molecule has 2 N–H and O–H groups in total. The highest BCUT2D eigenvalue weighted by molar-refractivity contribution is 4.56. The van der Waals surface area contributed by atoms with Crippen molar-refractivity contribution in [3.63, 3.8) is 0 Å². The zero-order chi connectivity index (χ0) is 9.94. The van der Waals surface area contributed by atoms with E-state index in [9.17, 15) is 0 Å². The fourth-order valence-corrected chi connectivity index (χ4v) is 1.11. The van der Waals surface area contributed by atoms with E-state index >= 15 is 0 Å².